The van der Waals surface area contributed by atoms with Crippen LogP contribution < -0.4 is 5.32 Å². The maximum absolute atomic E-state index is 11.9. The van der Waals surface area contributed by atoms with E-state index in [9.17, 15) is 4.79 Å². The van der Waals surface area contributed by atoms with Crippen LogP contribution in [-0.2, 0) is 6.54 Å². The van der Waals surface area contributed by atoms with Crippen LogP contribution in [0.15, 0.2) is 53.0 Å². The molecule has 0 fully saturated rings. The number of hydrogen-bond acceptors (Lipinski definition) is 1. The van der Waals surface area contributed by atoms with Crippen molar-refractivity contribution >= 4 is 21.8 Å². The van der Waals surface area contributed by atoms with Gasteiger partial charge in [0.1, 0.15) is 0 Å². The summed E-state index contributed by atoms with van der Waals surface area (Å²) in [6.07, 6.45) is 0. The van der Waals surface area contributed by atoms with Gasteiger partial charge in [-0.05, 0) is 36.8 Å². The molecule has 0 heterocycles. The van der Waals surface area contributed by atoms with Crippen molar-refractivity contribution in [3.8, 4) is 0 Å². The minimum absolute atomic E-state index is 0.0518. The van der Waals surface area contributed by atoms with E-state index in [-0.39, 0.29) is 5.91 Å². The van der Waals surface area contributed by atoms with Crippen LogP contribution in [0, 0.1) is 6.92 Å². The van der Waals surface area contributed by atoms with Gasteiger partial charge in [0.15, 0.2) is 0 Å². The second-order valence-electron chi connectivity index (χ2n) is 4.18. The van der Waals surface area contributed by atoms with Crippen LogP contribution in [0.25, 0.3) is 0 Å². The van der Waals surface area contributed by atoms with Gasteiger partial charge in [-0.2, -0.15) is 0 Å². The number of hydrogen-bond donors (Lipinski definition) is 1. The molecule has 2 aromatic rings. The Hall–Kier alpha value is -1.61. The maximum atomic E-state index is 11.9. The molecule has 2 rings (SSSR count). The highest BCUT2D eigenvalue weighted by atomic mass is 79.9. The standard InChI is InChI=1S/C15H14BrNO/c1-11-3-2-4-12(9-11)10-17-15(18)13-5-7-14(16)8-6-13/h2-9H,10H2,1H3,(H,17,18). The first-order chi connectivity index (χ1) is 8.65. The Balaban J connectivity index is 1.98. The fourth-order valence-electron chi connectivity index (χ4n) is 1.71. The number of nitrogens with one attached hydrogen (secondary N) is 1. The van der Waals surface area contributed by atoms with E-state index in [1.165, 1.54) is 5.56 Å². The van der Waals surface area contributed by atoms with E-state index in [0.29, 0.717) is 12.1 Å². The summed E-state index contributed by atoms with van der Waals surface area (Å²) in [4.78, 5) is 11.9. The highest BCUT2D eigenvalue weighted by Crippen LogP contribution is 2.10. The van der Waals surface area contributed by atoms with Gasteiger partial charge < -0.3 is 5.32 Å². The number of amides is 1. The first-order valence-corrected chi connectivity index (χ1v) is 6.54. The van der Waals surface area contributed by atoms with Crippen LogP contribution in [0.1, 0.15) is 21.5 Å². The summed E-state index contributed by atoms with van der Waals surface area (Å²) < 4.78 is 0.970. The van der Waals surface area contributed by atoms with E-state index >= 15 is 0 Å². The molecule has 0 radical (unpaired) electrons. The quantitative estimate of drug-likeness (QED) is 0.920. The lowest BCUT2D eigenvalue weighted by molar-refractivity contribution is 0.0951. The predicted molar refractivity (Wildman–Crippen MR) is 76.5 cm³/mol. The lowest BCUT2D eigenvalue weighted by Gasteiger charge is -2.06. The molecular formula is C15H14BrNO. The van der Waals surface area contributed by atoms with Gasteiger partial charge >= 0.3 is 0 Å². The number of benzene rings is 2. The van der Waals surface area contributed by atoms with E-state index in [2.05, 4.69) is 27.3 Å². The SMILES string of the molecule is Cc1cccc(CNC(=O)c2ccc(Br)cc2)c1. The van der Waals surface area contributed by atoms with E-state index < -0.39 is 0 Å². The van der Waals surface area contributed by atoms with Crippen LogP contribution in [0.4, 0.5) is 0 Å². The Kier molecular flexibility index (Phi) is 4.15. The molecule has 1 N–H and O–H groups in total. The zero-order valence-corrected chi connectivity index (χ0v) is 11.7. The average molecular weight is 304 g/mol. The fraction of sp³-hybridized carbons (Fsp3) is 0.133. The Bertz CT molecular complexity index is 549. The molecule has 0 unspecified atom stereocenters. The molecule has 0 spiro atoms. The predicted octanol–water partition coefficient (Wildman–Crippen LogP) is 3.69. The smallest absolute Gasteiger partial charge is 0.251 e. The van der Waals surface area contributed by atoms with Crippen molar-refractivity contribution in [3.63, 3.8) is 0 Å². The van der Waals surface area contributed by atoms with Gasteiger partial charge in [-0.3, -0.25) is 4.79 Å². The molecule has 0 atom stereocenters. The molecule has 0 bridgehead atoms. The summed E-state index contributed by atoms with van der Waals surface area (Å²) in [6.45, 7) is 2.59. The highest BCUT2D eigenvalue weighted by molar-refractivity contribution is 9.10. The third kappa shape index (κ3) is 3.44. The summed E-state index contributed by atoms with van der Waals surface area (Å²) in [7, 11) is 0. The molecular weight excluding hydrogens is 290 g/mol. The topological polar surface area (TPSA) is 29.1 Å². The van der Waals surface area contributed by atoms with Gasteiger partial charge in [-0.25, -0.2) is 0 Å². The molecule has 2 aromatic carbocycles. The van der Waals surface area contributed by atoms with Crippen molar-refractivity contribution in [3.05, 3.63) is 69.7 Å². The molecule has 0 aromatic heterocycles. The third-order valence-electron chi connectivity index (χ3n) is 2.64. The molecule has 92 valence electrons. The number of carbonyl (C=O) groups is 1. The largest absolute Gasteiger partial charge is 0.348 e. The minimum atomic E-state index is -0.0518. The normalized spacial score (nSPS) is 10.1. The summed E-state index contributed by atoms with van der Waals surface area (Å²) in [5.74, 6) is -0.0518. The molecule has 2 nitrogen and oxygen atoms in total. The molecule has 0 aliphatic rings. The number of rotatable bonds is 3. The third-order valence-corrected chi connectivity index (χ3v) is 3.17. The summed E-state index contributed by atoms with van der Waals surface area (Å²) in [5, 5.41) is 2.91. The van der Waals surface area contributed by atoms with E-state index in [0.717, 1.165) is 10.0 Å². The second kappa shape index (κ2) is 5.83. The number of halogens is 1. The lowest BCUT2D eigenvalue weighted by atomic mass is 10.1. The van der Waals surface area contributed by atoms with Crippen molar-refractivity contribution in [2.45, 2.75) is 13.5 Å². The molecule has 1 amide bonds. The minimum Gasteiger partial charge on any atom is -0.348 e. The van der Waals surface area contributed by atoms with Crippen molar-refractivity contribution < 1.29 is 4.79 Å². The zero-order chi connectivity index (χ0) is 13.0. The van der Waals surface area contributed by atoms with Gasteiger partial charge in [0.05, 0.1) is 0 Å². The Morgan fingerprint density at radius 1 is 1.17 bits per heavy atom. The molecule has 0 aliphatic carbocycles. The van der Waals surface area contributed by atoms with Crippen LogP contribution in [-0.4, -0.2) is 5.91 Å². The van der Waals surface area contributed by atoms with E-state index in [1.54, 1.807) is 12.1 Å². The van der Waals surface area contributed by atoms with Crippen molar-refractivity contribution in [1.29, 1.82) is 0 Å². The van der Waals surface area contributed by atoms with Crippen LogP contribution >= 0.6 is 15.9 Å². The molecule has 0 saturated carbocycles. The monoisotopic (exact) mass is 303 g/mol. The maximum Gasteiger partial charge on any atom is 0.251 e. The first kappa shape index (κ1) is 12.8. The number of aryl methyl sites for hydroxylation is 1. The van der Waals surface area contributed by atoms with Crippen molar-refractivity contribution in [2.75, 3.05) is 0 Å². The van der Waals surface area contributed by atoms with Gasteiger partial charge in [-0.1, -0.05) is 45.8 Å². The van der Waals surface area contributed by atoms with Crippen molar-refractivity contribution in [2.24, 2.45) is 0 Å². The van der Waals surface area contributed by atoms with Gasteiger partial charge in [-0.15, -0.1) is 0 Å². The first-order valence-electron chi connectivity index (χ1n) is 5.74. The Morgan fingerprint density at radius 3 is 2.56 bits per heavy atom. The molecule has 0 aliphatic heterocycles. The van der Waals surface area contributed by atoms with Gasteiger partial charge in [0.25, 0.3) is 5.91 Å². The molecule has 0 saturated heterocycles. The van der Waals surface area contributed by atoms with Crippen LogP contribution in [0.3, 0.4) is 0 Å². The molecule has 18 heavy (non-hydrogen) atoms. The van der Waals surface area contributed by atoms with Crippen molar-refractivity contribution in [1.82, 2.24) is 5.32 Å². The second-order valence-corrected chi connectivity index (χ2v) is 5.09. The van der Waals surface area contributed by atoms with Crippen LogP contribution in [0.5, 0.6) is 0 Å². The fourth-order valence-corrected chi connectivity index (χ4v) is 1.97. The average Bonchev–Trinajstić information content (AvgIpc) is 2.37. The summed E-state index contributed by atoms with van der Waals surface area (Å²) in [6, 6.07) is 15.4. The van der Waals surface area contributed by atoms with Crippen LogP contribution in [0.2, 0.25) is 0 Å². The van der Waals surface area contributed by atoms with Gasteiger partial charge in [0.2, 0.25) is 0 Å². The summed E-state index contributed by atoms with van der Waals surface area (Å²) in [5.41, 5.74) is 2.98. The Morgan fingerprint density at radius 2 is 1.89 bits per heavy atom. The zero-order valence-electron chi connectivity index (χ0n) is 10.1. The number of carbonyl (C=O) groups excluding carboxylic acids is 1. The highest BCUT2D eigenvalue weighted by Gasteiger charge is 2.04. The Labute approximate surface area is 115 Å². The van der Waals surface area contributed by atoms with E-state index in [1.807, 2.05) is 37.3 Å². The van der Waals surface area contributed by atoms with E-state index in [4.69, 9.17) is 0 Å². The summed E-state index contributed by atoms with van der Waals surface area (Å²) >= 11 is 3.35. The lowest BCUT2D eigenvalue weighted by Crippen LogP contribution is -2.22. The van der Waals surface area contributed by atoms with Gasteiger partial charge in [0, 0.05) is 16.6 Å². The molecule has 3 heteroatoms.